The molecular weight excluding hydrogens is 265 g/mol. The molecule has 1 aromatic rings. The van der Waals surface area contributed by atoms with Crippen molar-refractivity contribution < 1.29 is 0 Å². The van der Waals surface area contributed by atoms with Gasteiger partial charge in [0.25, 0.3) is 0 Å². The van der Waals surface area contributed by atoms with Crippen molar-refractivity contribution in [2.75, 3.05) is 0 Å². The van der Waals surface area contributed by atoms with Crippen LogP contribution < -0.4 is 5.32 Å². The SMILES string of the molecule is CCCCCC(CC)NCc1cccc(Cl)c1Cl. The second kappa shape index (κ2) is 8.79. The average molecular weight is 288 g/mol. The van der Waals surface area contributed by atoms with Crippen LogP contribution in [0.25, 0.3) is 0 Å². The molecule has 0 bridgehead atoms. The number of nitrogens with one attached hydrogen (secondary N) is 1. The van der Waals surface area contributed by atoms with E-state index in [0.29, 0.717) is 16.1 Å². The van der Waals surface area contributed by atoms with Gasteiger partial charge in [-0.05, 0) is 24.5 Å². The molecule has 1 unspecified atom stereocenters. The lowest BCUT2D eigenvalue weighted by Gasteiger charge is -2.17. The molecule has 0 aliphatic carbocycles. The highest BCUT2D eigenvalue weighted by Gasteiger charge is 2.08. The lowest BCUT2D eigenvalue weighted by atomic mass is 10.1. The summed E-state index contributed by atoms with van der Waals surface area (Å²) >= 11 is 12.2. The van der Waals surface area contributed by atoms with E-state index in [0.717, 1.165) is 18.5 Å². The smallest absolute Gasteiger partial charge is 0.0637 e. The third kappa shape index (κ3) is 5.17. The Labute approximate surface area is 121 Å². The van der Waals surface area contributed by atoms with Crippen LogP contribution >= 0.6 is 23.2 Å². The van der Waals surface area contributed by atoms with Gasteiger partial charge in [0.05, 0.1) is 10.0 Å². The molecule has 0 aliphatic rings. The summed E-state index contributed by atoms with van der Waals surface area (Å²) in [6, 6.07) is 6.38. The molecule has 0 spiro atoms. The zero-order valence-corrected chi connectivity index (χ0v) is 12.8. The summed E-state index contributed by atoms with van der Waals surface area (Å²) in [5.74, 6) is 0. The molecule has 0 saturated heterocycles. The highest BCUT2D eigenvalue weighted by atomic mass is 35.5. The van der Waals surface area contributed by atoms with Crippen LogP contribution in [0.3, 0.4) is 0 Å². The van der Waals surface area contributed by atoms with E-state index in [4.69, 9.17) is 23.2 Å². The van der Waals surface area contributed by atoms with E-state index >= 15 is 0 Å². The highest BCUT2D eigenvalue weighted by Crippen LogP contribution is 2.25. The fourth-order valence-electron chi connectivity index (χ4n) is 2.03. The molecule has 18 heavy (non-hydrogen) atoms. The van der Waals surface area contributed by atoms with Gasteiger partial charge in [-0.15, -0.1) is 0 Å². The van der Waals surface area contributed by atoms with Gasteiger partial charge >= 0.3 is 0 Å². The van der Waals surface area contributed by atoms with Gasteiger partial charge in [-0.1, -0.05) is 68.4 Å². The molecule has 1 rings (SSSR count). The van der Waals surface area contributed by atoms with Crippen LogP contribution in [0.5, 0.6) is 0 Å². The molecule has 1 N–H and O–H groups in total. The first-order valence-corrected chi connectivity index (χ1v) is 7.60. The Hall–Kier alpha value is -0.240. The molecule has 1 nitrogen and oxygen atoms in total. The topological polar surface area (TPSA) is 12.0 Å². The third-order valence-electron chi connectivity index (χ3n) is 3.26. The first kappa shape index (κ1) is 15.8. The van der Waals surface area contributed by atoms with Crippen LogP contribution in [-0.2, 0) is 6.54 Å². The number of halogens is 2. The van der Waals surface area contributed by atoms with Crippen LogP contribution in [0.1, 0.15) is 51.5 Å². The summed E-state index contributed by atoms with van der Waals surface area (Å²) in [4.78, 5) is 0. The van der Waals surface area contributed by atoms with Gasteiger partial charge in [0.15, 0.2) is 0 Å². The maximum absolute atomic E-state index is 6.17. The van der Waals surface area contributed by atoms with Gasteiger partial charge < -0.3 is 5.32 Å². The molecule has 0 amide bonds. The van der Waals surface area contributed by atoms with Crippen LogP contribution in [0.2, 0.25) is 10.0 Å². The largest absolute Gasteiger partial charge is 0.310 e. The summed E-state index contributed by atoms with van der Waals surface area (Å²) < 4.78 is 0. The van der Waals surface area contributed by atoms with Gasteiger partial charge in [-0.2, -0.15) is 0 Å². The normalized spacial score (nSPS) is 12.7. The molecule has 0 aliphatic heterocycles. The van der Waals surface area contributed by atoms with Gasteiger partial charge in [0.1, 0.15) is 0 Å². The van der Waals surface area contributed by atoms with Crippen molar-refractivity contribution in [1.29, 1.82) is 0 Å². The van der Waals surface area contributed by atoms with E-state index in [-0.39, 0.29) is 0 Å². The highest BCUT2D eigenvalue weighted by molar-refractivity contribution is 6.42. The predicted molar refractivity (Wildman–Crippen MR) is 81.5 cm³/mol. The van der Waals surface area contributed by atoms with Gasteiger partial charge in [-0.25, -0.2) is 0 Å². The van der Waals surface area contributed by atoms with Crippen LogP contribution in [0.15, 0.2) is 18.2 Å². The molecule has 0 fully saturated rings. The molecule has 0 radical (unpaired) electrons. The Balaban J connectivity index is 2.44. The van der Waals surface area contributed by atoms with Crippen molar-refractivity contribution in [3.8, 4) is 0 Å². The quantitative estimate of drug-likeness (QED) is 0.628. The number of benzene rings is 1. The van der Waals surface area contributed by atoms with Gasteiger partial charge in [0, 0.05) is 12.6 Å². The first-order chi connectivity index (χ1) is 8.69. The van der Waals surface area contributed by atoms with Crippen LogP contribution in [0.4, 0.5) is 0 Å². The summed E-state index contributed by atoms with van der Waals surface area (Å²) in [7, 11) is 0. The predicted octanol–water partition coefficient (Wildman–Crippen LogP) is 5.44. The number of hydrogen-bond acceptors (Lipinski definition) is 1. The molecular formula is C15H23Cl2N. The second-order valence-electron chi connectivity index (χ2n) is 4.69. The fourth-order valence-corrected chi connectivity index (χ4v) is 2.42. The number of rotatable bonds is 8. The lowest BCUT2D eigenvalue weighted by Crippen LogP contribution is -2.27. The summed E-state index contributed by atoms with van der Waals surface area (Å²) in [6.07, 6.45) is 6.28. The summed E-state index contributed by atoms with van der Waals surface area (Å²) in [5, 5.41) is 4.88. The Kier molecular flexibility index (Phi) is 7.73. The standard InChI is InChI=1S/C15H23Cl2N/c1-3-5-6-9-13(4-2)18-11-12-8-7-10-14(16)15(12)17/h7-8,10,13,18H,3-6,9,11H2,1-2H3. The molecule has 0 heterocycles. The van der Waals surface area contributed by atoms with Gasteiger partial charge in [-0.3, -0.25) is 0 Å². The Morgan fingerprint density at radius 2 is 1.94 bits per heavy atom. The maximum atomic E-state index is 6.17. The minimum atomic E-state index is 0.576. The Morgan fingerprint density at radius 1 is 1.17 bits per heavy atom. The van der Waals surface area contributed by atoms with Gasteiger partial charge in [0.2, 0.25) is 0 Å². The van der Waals surface area contributed by atoms with Crippen molar-refractivity contribution >= 4 is 23.2 Å². The molecule has 1 atom stereocenters. The maximum Gasteiger partial charge on any atom is 0.0637 e. The van der Waals surface area contributed by atoms with E-state index in [1.54, 1.807) is 0 Å². The minimum Gasteiger partial charge on any atom is -0.310 e. The molecule has 3 heteroatoms. The van der Waals surface area contributed by atoms with E-state index in [2.05, 4.69) is 19.2 Å². The van der Waals surface area contributed by atoms with E-state index in [1.165, 1.54) is 25.7 Å². The Bertz CT molecular complexity index is 352. The van der Waals surface area contributed by atoms with Crippen molar-refractivity contribution in [2.45, 2.75) is 58.5 Å². The van der Waals surface area contributed by atoms with Crippen molar-refractivity contribution in [2.24, 2.45) is 0 Å². The zero-order chi connectivity index (χ0) is 13.4. The number of hydrogen-bond donors (Lipinski definition) is 1. The van der Waals surface area contributed by atoms with Crippen molar-refractivity contribution in [3.63, 3.8) is 0 Å². The molecule has 0 aromatic heterocycles. The van der Waals surface area contributed by atoms with Crippen LogP contribution in [-0.4, -0.2) is 6.04 Å². The van der Waals surface area contributed by atoms with E-state index < -0.39 is 0 Å². The average Bonchev–Trinajstić information content (AvgIpc) is 2.38. The Morgan fingerprint density at radius 3 is 2.61 bits per heavy atom. The first-order valence-electron chi connectivity index (χ1n) is 6.85. The number of unbranched alkanes of at least 4 members (excludes halogenated alkanes) is 2. The molecule has 1 aromatic carbocycles. The zero-order valence-electron chi connectivity index (χ0n) is 11.3. The summed E-state index contributed by atoms with van der Waals surface area (Å²) in [5.41, 5.74) is 1.08. The van der Waals surface area contributed by atoms with E-state index in [1.807, 2.05) is 18.2 Å². The third-order valence-corrected chi connectivity index (χ3v) is 4.12. The monoisotopic (exact) mass is 287 g/mol. The fraction of sp³-hybridized carbons (Fsp3) is 0.600. The molecule has 102 valence electrons. The van der Waals surface area contributed by atoms with Crippen LogP contribution in [0, 0.1) is 0 Å². The molecule has 0 saturated carbocycles. The van der Waals surface area contributed by atoms with Crippen molar-refractivity contribution in [3.05, 3.63) is 33.8 Å². The summed E-state index contributed by atoms with van der Waals surface area (Å²) in [6.45, 7) is 5.26. The lowest BCUT2D eigenvalue weighted by molar-refractivity contribution is 0.447. The van der Waals surface area contributed by atoms with E-state index in [9.17, 15) is 0 Å². The second-order valence-corrected chi connectivity index (χ2v) is 5.48. The van der Waals surface area contributed by atoms with Crippen molar-refractivity contribution in [1.82, 2.24) is 5.32 Å². The minimum absolute atomic E-state index is 0.576.